The van der Waals surface area contributed by atoms with Crippen LogP contribution in [0.4, 0.5) is 0 Å². The molecule has 24 heavy (non-hydrogen) atoms. The lowest BCUT2D eigenvalue weighted by atomic mass is 10.0. The van der Waals surface area contributed by atoms with Gasteiger partial charge in [0.25, 0.3) is 5.91 Å². The Labute approximate surface area is 139 Å². The van der Waals surface area contributed by atoms with Crippen molar-refractivity contribution in [1.29, 1.82) is 0 Å². The first-order valence-corrected chi connectivity index (χ1v) is 9.27. The number of amidine groups is 1. The topological polar surface area (TPSA) is 126 Å². The molecule has 0 saturated heterocycles. The van der Waals surface area contributed by atoms with Gasteiger partial charge in [-0.15, -0.1) is 0 Å². The number of hydrogen-bond acceptors (Lipinski definition) is 6. The highest BCUT2D eigenvalue weighted by molar-refractivity contribution is 7.93. The van der Waals surface area contributed by atoms with Crippen molar-refractivity contribution in [1.82, 2.24) is 10.3 Å². The number of carbonyl (C=O) groups excluding carboxylic acids is 1. The van der Waals surface area contributed by atoms with Gasteiger partial charge in [-0.1, -0.05) is 20.8 Å². The Morgan fingerprint density at radius 1 is 1.42 bits per heavy atom. The lowest BCUT2D eigenvalue weighted by Gasteiger charge is -2.25. The molecule has 1 aliphatic heterocycles. The molecule has 2 heterocycles. The maximum atomic E-state index is 12.4. The maximum Gasteiger partial charge on any atom is 0.338 e. The summed E-state index contributed by atoms with van der Waals surface area (Å²) in [6.45, 7) is 4.99. The Hall–Kier alpha value is -2.29. The third-order valence-corrected chi connectivity index (χ3v) is 5.87. The molecular weight excluding hydrogens is 334 g/mol. The molecule has 0 aliphatic carbocycles. The number of carbonyl (C=O) groups is 2. The van der Waals surface area contributed by atoms with Crippen LogP contribution in [0.15, 0.2) is 17.3 Å². The van der Waals surface area contributed by atoms with Crippen molar-refractivity contribution < 1.29 is 23.1 Å². The fourth-order valence-electron chi connectivity index (χ4n) is 2.68. The highest BCUT2D eigenvalue weighted by Gasteiger charge is 2.55. The monoisotopic (exact) mass is 353 g/mol. The molecule has 1 aromatic heterocycles. The molecule has 1 atom stereocenters. The lowest BCUT2D eigenvalue weighted by Crippen LogP contribution is -2.49. The number of carboxylic acid groups (broad SMARTS) is 1. The summed E-state index contributed by atoms with van der Waals surface area (Å²) in [6.07, 6.45) is 3.00. The second-order valence-electron chi connectivity index (χ2n) is 5.94. The van der Waals surface area contributed by atoms with Gasteiger partial charge in [-0.2, -0.15) is 0 Å². The van der Waals surface area contributed by atoms with E-state index in [1.165, 1.54) is 12.3 Å². The normalized spacial score (nSPS) is 20.9. The minimum atomic E-state index is -3.87. The Morgan fingerprint density at radius 3 is 2.46 bits per heavy atom. The Bertz CT molecular complexity index is 845. The van der Waals surface area contributed by atoms with Gasteiger partial charge in [-0.25, -0.2) is 18.2 Å². The summed E-state index contributed by atoms with van der Waals surface area (Å²) in [4.78, 5) is 30.1. The van der Waals surface area contributed by atoms with Crippen LogP contribution < -0.4 is 5.32 Å². The van der Waals surface area contributed by atoms with E-state index < -0.39 is 32.5 Å². The lowest BCUT2D eigenvalue weighted by molar-refractivity contribution is -0.122. The van der Waals surface area contributed by atoms with Crippen molar-refractivity contribution in [3.63, 3.8) is 0 Å². The average Bonchev–Trinajstić information content (AvgIpc) is 2.84. The molecule has 0 spiro atoms. The molecule has 0 radical (unpaired) electrons. The number of aryl methyl sites for hydroxylation is 1. The SMILES string of the molecule is CCc1cnc(C2=NC(C(C)C)(S(C)(=O)=O)C(=O)N2)c(C(=O)O)c1. The summed E-state index contributed by atoms with van der Waals surface area (Å²) in [5.74, 6) is -2.80. The molecule has 2 N–H and O–H groups in total. The number of carboxylic acids is 1. The molecular formula is C15H19N3O5S. The molecule has 1 aromatic rings. The van der Waals surface area contributed by atoms with Crippen LogP contribution in [0.1, 0.15) is 42.4 Å². The number of aromatic nitrogens is 1. The summed E-state index contributed by atoms with van der Waals surface area (Å²) < 4.78 is 24.4. The van der Waals surface area contributed by atoms with E-state index in [1.54, 1.807) is 13.8 Å². The maximum absolute atomic E-state index is 12.4. The van der Waals surface area contributed by atoms with Gasteiger partial charge in [0, 0.05) is 18.4 Å². The summed E-state index contributed by atoms with van der Waals surface area (Å²) in [5.41, 5.74) is 0.514. The van der Waals surface area contributed by atoms with E-state index in [1.807, 2.05) is 6.92 Å². The van der Waals surface area contributed by atoms with Crippen molar-refractivity contribution in [2.45, 2.75) is 32.1 Å². The number of hydrogen-bond donors (Lipinski definition) is 2. The molecule has 1 amide bonds. The minimum absolute atomic E-state index is 0.0563. The molecule has 0 aromatic carbocycles. The van der Waals surface area contributed by atoms with Gasteiger partial charge in [0.15, 0.2) is 15.7 Å². The van der Waals surface area contributed by atoms with Gasteiger partial charge in [-0.3, -0.25) is 9.78 Å². The molecule has 1 aliphatic rings. The van der Waals surface area contributed by atoms with Gasteiger partial charge in [0.05, 0.1) is 5.56 Å². The van der Waals surface area contributed by atoms with Crippen LogP contribution in [-0.2, 0) is 21.1 Å². The van der Waals surface area contributed by atoms with Crippen LogP contribution in [0.25, 0.3) is 0 Å². The number of sulfone groups is 1. The third kappa shape index (κ3) is 2.68. The van der Waals surface area contributed by atoms with E-state index in [9.17, 15) is 23.1 Å². The zero-order chi connectivity index (χ0) is 18.3. The van der Waals surface area contributed by atoms with Crippen LogP contribution >= 0.6 is 0 Å². The van der Waals surface area contributed by atoms with Crippen molar-refractivity contribution in [3.8, 4) is 0 Å². The molecule has 0 fully saturated rings. The summed E-state index contributed by atoms with van der Waals surface area (Å²) in [7, 11) is -3.87. The Morgan fingerprint density at radius 2 is 2.04 bits per heavy atom. The van der Waals surface area contributed by atoms with Crippen LogP contribution in [0, 0.1) is 5.92 Å². The molecule has 0 bridgehead atoms. The van der Waals surface area contributed by atoms with E-state index in [0.717, 1.165) is 6.26 Å². The van der Waals surface area contributed by atoms with Gasteiger partial charge in [0.1, 0.15) is 5.69 Å². The molecule has 8 nitrogen and oxygen atoms in total. The van der Waals surface area contributed by atoms with Crippen molar-refractivity contribution in [2.75, 3.05) is 6.26 Å². The van der Waals surface area contributed by atoms with E-state index in [2.05, 4.69) is 15.3 Å². The first-order valence-electron chi connectivity index (χ1n) is 7.38. The number of pyridine rings is 1. The van der Waals surface area contributed by atoms with Crippen LogP contribution in [0.5, 0.6) is 0 Å². The number of aliphatic imine (C=N–C) groups is 1. The van der Waals surface area contributed by atoms with E-state index in [4.69, 9.17) is 0 Å². The summed E-state index contributed by atoms with van der Waals surface area (Å²) in [5, 5.41) is 11.8. The number of nitrogens with zero attached hydrogens (tertiary/aromatic N) is 2. The van der Waals surface area contributed by atoms with Crippen LogP contribution in [0.2, 0.25) is 0 Å². The highest BCUT2D eigenvalue weighted by atomic mass is 32.2. The fourth-order valence-corrected chi connectivity index (χ4v) is 4.18. The molecule has 0 saturated carbocycles. The first kappa shape index (κ1) is 18.1. The smallest absolute Gasteiger partial charge is 0.338 e. The third-order valence-electron chi connectivity index (χ3n) is 3.99. The predicted octanol–water partition coefficient (Wildman–Crippen LogP) is 0.615. The standard InChI is InChI=1S/C15H19N3O5S/c1-5-9-6-10(13(19)20)11(16-7-9)12-17-14(21)15(18-12,8(2)3)24(4,22)23/h6-8H,5H2,1-4H3,(H,19,20)(H,17,18,21). The number of nitrogens with one attached hydrogen (secondary N) is 1. The Balaban J connectivity index is 2.69. The van der Waals surface area contributed by atoms with Gasteiger partial charge in [-0.05, 0) is 18.1 Å². The number of rotatable bonds is 5. The van der Waals surface area contributed by atoms with Crippen molar-refractivity contribution >= 4 is 27.5 Å². The molecule has 2 rings (SSSR count). The molecule has 9 heteroatoms. The largest absolute Gasteiger partial charge is 0.478 e. The van der Waals surface area contributed by atoms with E-state index >= 15 is 0 Å². The van der Waals surface area contributed by atoms with Gasteiger partial charge >= 0.3 is 5.97 Å². The van der Waals surface area contributed by atoms with Gasteiger partial charge < -0.3 is 10.4 Å². The van der Waals surface area contributed by atoms with Crippen molar-refractivity contribution in [3.05, 3.63) is 29.1 Å². The van der Waals surface area contributed by atoms with Crippen LogP contribution in [0.3, 0.4) is 0 Å². The average molecular weight is 353 g/mol. The number of aromatic carboxylic acids is 1. The second-order valence-corrected chi connectivity index (χ2v) is 8.10. The van der Waals surface area contributed by atoms with Crippen LogP contribution in [-0.4, -0.2) is 47.3 Å². The Kier molecular flexibility index (Phi) is 4.49. The second kappa shape index (κ2) is 5.97. The minimum Gasteiger partial charge on any atom is -0.478 e. The van der Waals surface area contributed by atoms with E-state index in [0.29, 0.717) is 12.0 Å². The highest BCUT2D eigenvalue weighted by Crippen LogP contribution is 2.33. The van der Waals surface area contributed by atoms with Gasteiger partial charge in [0.2, 0.25) is 4.87 Å². The van der Waals surface area contributed by atoms with E-state index in [-0.39, 0.29) is 17.1 Å². The predicted molar refractivity (Wildman–Crippen MR) is 87.7 cm³/mol. The fraction of sp³-hybridized carbons (Fsp3) is 0.467. The quantitative estimate of drug-likeness (QED) is 0.799. The zero-order valence-corrected chi connectivity index (χ0v) is 14.6. The molecule has 1 unspecified atom stereocenters. The zero-order valence-electron chi connectivity index (χ0n) is 13.8. The first-order chi connectivity index (χ1) is 11.0. The summed E-state index contributed by atoms with van der Waals surface area (Å²) >= 11 is 0. The number of amides is 1. The molecule has 130 valence electrons. The van der Waals surface area contributed by atoms with Crippen molar-refractivity contribution in [2.24, 2.45) is 10.9 Å². The summed E-state index contributed by atoms with van der Waals surface area (Å²) in [6, 6.07) is 1.44.